The topological polar surface area (TPSA) is 26.0 Å². The highest BCUT2D eigenvalue weighted by Gasteiger charge is 2.34. The first kappa shape index (κ1) is 11.6. The van der Waals surface area contributed by atoms with Gasteiger partial charge in [0.2, 0.25) is 0 Å². The summed E-state index contributed by atoms with van der Waals surface area (Å²) in [4.78, 5) is 1.52. The van der Waals surface area contributed by atoms with Gasteiger partial charge >= 0.3 is 0 Å². The Balaban J connectivity index is 1.97. The van der Waals surface area contributed by atoms with Crippen LogP contribution in [-0.4, -0.2) is 12.3 Å². The van der Waals surface area contributed by atoms with Gasteiger partial charge in [0.25, 0.3) is 0 Å². The first-order chi connectivity index (χ1) is 8.34. The molecular weight excluding hydrogens is 226 g/mol. The number of thioether (sulfide) groups is 1. The number of hydrogen-bond donors (Lipinski definition) is 1. The summed E-state index contributed by atoms with van der Waals surface area (Å²) in [5, 5.41) is 0. The fourth-order valence-corrected chi connectivity index (χ4v) is 4.41. The van der Waals surface area contributed by atoms with Gasteiger partial charge in [0.05, 0.1) is 0 Å². The molecule has 3 rings (SSSR count). The average Bonchev–Trinajstić information content (AvgIpc) is 2.88. The van der Waals surface area contributed by atoms with Crippen molar-refractivity contribution in [3.8, 4) is 0 Å². The van der Waals surface area contributed by atoms with E-state index < -0.39 is 0 Å². The summed E-state index contributed by atoms with van der Waals surface area (Å²) < 4.78 is 0. The molecule has 1 aliphatic carbocycles. The van der Waals surface area contributed by atoms with Crippen LogP contribution in [0.1, 0.15) is 43.2 Å². The first-order valence-corrected chi connectivity index (χ1v) is 7.79. The molecular formula is C15H21NS. The molecule has 2 aliphatic rings. The number of aryl methyl sites for hydroxylation is 1. The van der Waals surface area contributed by atoms with Crippen molar-refractivity contribution in [2.75, 3.05) is 12.3 Å². The Bertz CT molecular complexity index is 407. The second-order valence-electron chi connectivity index (χ2n) is 5.47. The molecule has 1 fully saturated rings. The fraction of sp³-hybridized carbons (Fsp3) is 0.600. The Morgan fingerprint density at radius 2 is 2.00 bits per heavy atom. The maximum Gasteiger partial charge on any atom is 0.0107 e. The van der Waals surface area contributed by atoms with E-state index in [1.165, 1.54) is 54.7 Å². The molecule has 92 valence electrons. The fourth-order valence-electron chi connectivity index (χ4n) is 3.33. The predicted molar refractivity (Wildman–Crippen MR) is 74.7 cm³/mol. The van der Waals surface area contributed by atoms with E-state index >= 15 is 0 Å². The average molecular weight is 247 g/mol. The zero-order valence-corrected chi connectivity index (χ0v) is 11.2. The largest absolute Gasteiger partial charge is 0.330 e. The maximum absolute atomic E-state index is 6.07. The number of hydrogen-bond acceptors (Lipinski definition) is 2. The summed E-state index contributed by atoms with van der Waals surface area (Å²) in [7, 11) is 0. The van der Waals surface area contributed by atoms with E-state index in [2.05, 4.69) is 18.2 Å². The number of rotatable bonds is 2. The summed E-state index contributed by atoms with van der Waals surface area (Å²) in [6.07, 6.45) is 7.86. The molecule has 1 aliphatic heterocycles. The van der Waals surface area contributed by atoms with Gasteiger partial charge in [0, 0.05) is 16.9 Å². The quantitative estimate of drug-likeness (QED) is 0.865. The second kappa shape index (κ2) is 4.66. The molecule has 0 bridgehead atoms. The molecule has 1 nitrogen and oxygen atoms in total. The van der Waals surface area contributed by atoms with Gasteiger partial charge in [-0.15, -0.1) is 11.8 Å². The Morgan fingerprint density at radius 3 is 2.76 bits per heavy atom. The molecule has 0 radical (unpaired) electrons. The molecule has 17 heavy (non-hydrogen) atoms. The molecule has 1 aromatic rings. The highest BCUT2D eigenvalue weighted by molar-refractivity contribution is 7.99. The Morgan fingerprint density at radius 1 is 1.18 bits per heavy atom. The molecule has 1 aromatic carbocycles. The minimum atomic E-state index is 0.299. The molecule has 0 aromatic heterocycles. The Kier molecular flexibility index (Phi) is 3.18. The SMILES string of the molecule is NCC1(c2ccc3c(c2)SCCC3)CCCC1. The predicted octanol–water partition coefficient (Wildman–Crippen LogP) is 3.50. The van der Waals surface area contributed by atoms with Gasteiger partial charge in [-0.25, -0.2) is 0 Å². The third-order valence-electron chi connectivity index (χ3n) is 4.48. The van der Waals surface area contributed by atoms with Gasteiger partial charge < -0.3 is 5.73 Å². The minimum absolute atomic E-state index is 0.299. The van der Waals surface area contributed by atoms with Gasteiger partial charge in [0.15, 0.2) is 0 Å². The highest BCUT2D eigenvalue weighted by atomic mass is 32.2. The maximum atomic E-state index is 6.07. The van der Waals surface area contributed by atoms with Gasteiger partial charge in [0.1, 0.15) is 0 Å². The molecule has 0 amide bonds. The van der Waals surface area contributed by atoms with Gasteiger partial charge in [-0.1, -0.05) is 25.0 Å². The van der Waals surface area contributed by atoms with Gasteiger partial charge in [-0.05, 0) is 48.6 Å². The lowest BCUT2D eigenvalue weighted by Gasteiger charge is -2.29. The van der Waals surface area contributed by atoms with Crippen LogP contribution in [0.25, 0.3) is 0 Å². The molecule has 2 heteroatoms. The first-order valence-electron chi connectivity index (χ1n) is 6.80. The van der Waals surface area contributed by atoms with Crippen LogP contribution < -0.4 is 5.73 Å². The summed E-state index contributed by atoms with van der Waals surface area (Å²) >= 11 is 2.03. The Labute approximate surface area is 108 Å². The van der Waals surface area contributed by atoms with Crippen molar-refractivity contribution >= 4 is 11.8 Å². The standard InChI is InChI=1S/C15H21NS/c16-11-15(7-1-2-8-15)13-6-5-12-4-3-9-17-14(12)10-13/h5-6,10H,1-4,7-9,11,16H2. The molecule has 0 saturated heterocycles. The third-order valence-corrected chi connectivity index (χ3v) is 5.66. The number of nitrogens with two attached hydrogens (primary N) is 1. The van der Waals surface area contributed by atoms with Crippen molar-refractivity contribution < 1.29 is 0 Å². The van der Waals surface area contributed by atoms with Crippen LogP contribution in [-0.2, 0) is 11.8 Å². The van der Waals surface area contributed by atoms with E-state index in [-0.39, 0.29) is 0 Å². The van der Waals surface area contributed by atoms with Crippen LogP contribution in [0.2, 0.25) is 0 Å². The van der Waals surface area contributed by atoms with E-state index in [9.17, 15) is 0 Å². The summed E-state index contributed by atoms with van der Waals surface area (Å²) in [6.45, 7) is 0.816. The monoisotopic (exact) mass is 247 g/mol. The van der Waals surface area contributed by atoms with E-state index in [1.54, 1.807) is 5.56 Å². The van der Waals surface area contributed by atoms with Crippen LogP contribution in [0.5, 0.6) is 0 Å². The van der Waals surface area contributed by atoms with Gasteiger partial charge in [-0.3, -0.25) is 0 Å². The van der Waals surface area contributed by atoms with E-state index in [0.29, 0.717) is 5.41 Å². The zero-order valence-electron chi connectivity index (χ0n) is 10.4. The normalized spacial score (nSPS) is 22.4. The summed E-state index contributed by atoms with van der Waals surface area (Å²) in [5.74, 6) is 1.28. The minimum Gasteiger partial charge on any atom is -0.330 e. The lowest BCUT2D eigenvalue weighted by Crippen LogP contribution is -2.32. The van der Waals surface area contributed by atoms with Gasteiger partial charge in [-0.2, -0.15) is 0 Å². The van der Waals surface area contributed by atoms with Crippen molar-refractivity contribution in [1.82, 2.24) is 0 Å². The highest BCUT2D eigenvalue weighted by Crippen LogP contribution is 2.42. The van der Waals surface area contributed by atoms with Crippen molar-refractivity contribution in [2.24, 2.45) is 5.73 Å². The molecule has 1 heterocycles. The molecule has 2 N–H and O–H groups in total. The molecule has 0 atom stereocenters. The van der Waals surface area contributed by atoms with Crippen LogP contribution >= 0.6 is 11.8 Å². The van der Waals surface area contributed by atoms with E-state index in [4.69, 9.17) is 5.73 Å². The van der Waals surface area contributed by atoms with Crippen LogP contribution in [0.4, 0.5) is 0 Å². The smallest absolute Gasteiger partial charge is 0.0107 e. The second-order valence-corrected chi connectivity index (χ2v) is 6.60. The summed E-state index contributed by atoms with van der Waals surface area (Å²) in [6, 6.07) is 7.15. The number of fused-ring (bicyclic) bond motifs is 1. The van der Waals surface area contributed by atoms with Crippen LogP contribution in [0, 0.1) is 0 Å². The lowest BCUT2D eigenvalue weighted by atomic mass is 9.78. The zero-order chi connectivity index (χ0) is 11.7. The molecule has 0 spiro atoms. The van der Waals surface area contributed by atoms with Crippen molar-refractivity contribution in [3.63, 3.8) is 0 Å². The van der Waals surface area contributed by atoms with Crippen LogP contribution in [0.3, 0.4) is 0 Å². The molecule has 0 unspecified atom stereocenters. The lowest BCUT2D eigenvalue weighted by molar-refractivity contribution is 0.452. The van der Waals surface area contributed by atoms with Crippen LogP contribution in [0.15, 0.2) is 23.1 Å². The van der Waals surface area contributed by atoms with Crippen molar-refractivity contribution in [3.05, 3.63) is 29.3 Å². The summed E-state index contributed by atoms with van der Waals surface area (Å²) in [5.41, 5.74) is 9.43. The molecule has 1 saturated carbocycles. The van der Waals surface area contributed by atoms with Crippen molar-refractivity contribution in [1.29, 1.82) is 0 Å². The van der Waals surface area contributed by atoms with Crippen molar-refractivity contribution in [2.45, 2.75) is 48.8 Å². The van der Waals surface area contributed by atoms with E-state index in [1.807, 2.05) is 11.8 Å². The van der Waals surface area contributed by atoms with E-state index in [0.717, 1.165) is 6.54 Å². The third kappa shape index (κ3) is 2.02. The Hall–Kier alpha value is -0.470. The number of benzene rings is 1.